The fourth-order valence-electron chi connectivity index (χ4n) is 7.37. The molecule has 0 spiro atoms. The fourth-order valence-corrected chi connectivity index (χ4v) is 7.37. The van der Waals surface area contributed by atoms with Gasteiger partial charge in [0.1, 0.15) is 0 Å². The van der Waals surface area contributed by atoms with E-state index < -0.39 is 0 Å². The standard InChI is InChI=1S/C28H41N3O/c32-23(19-29-14-5-2-6-15-29)20-30-16-17-31-26-13-12-22(21-8-3-1-4-9-21)18-25(26)24-10-7-11-27(30)28(24)31/h12-13,18,21,23,27,32H,1-11,14-17,19-20H2/t23-,27+/m1/s1. The summed E-state index contributed by atoms with van der Waals surface area (Å²) < 4.78 is 2.65. The van der Waals surface area contributed by atoms with Crippen molar-refractivity contribution in [3.8, 4) is 0 Å². The van der Waals surface area contributed by atoms with E-state index in [1.807, 2.05) is 0 Å². The Hall–Kier alpha value is -1.36. The average molecular weight is 436 g/mol. The highest BCUT2D eigenvalue weighted by atomic mass is 16.3. The summed E-state index contributed by atoms with van der Waals surface area (Å²) in [6, 6.07) is 7.95. The van der Waals surface area contributed by atoms with Crippen LogP contribution in [0.4, 0.5) is 0 Å². The lowest BCUT2D eigenvalue weighted by Crippen LogP contribution is -2.46. The second-order valence-corrected chi connectivity index (χ2v) is 11.0. The van der Waals surface area contributed by atoms with Crippen molar-refractivity contribution >= 4 is 10.9 Å². The van der Waals surface area contributed by atoms with Crippen LogP contribution in [-0.2, 0) is 13.0 Å². The van der Waals surface area contributed by atoms with Crippen LogP contribution in [0.3, 0.4) is 0 Å². The summed E-state index contributed by atoms with van der Waals surface area (Å²) in [5, 5.41) is 12.5. The largest absolute Gasteiger partial charge is 0.390 e. The van der Waals surface area contributed by atoms with Gasteiger partial charge in [0.15, 0.2) is 0 Å². The number of aryl methyl sites for hydroxylation is 1. The third-order valence-electron chi connectivity index (χ3n) is 8.95. The topological polar surface area (TPSA) is 31.6 Å². The molecule has 6 rings (SSSR count). The van der Waals surface area contributed by atoms with Crippen molar-refractivity contribution < 1.29 is 5.11 Å². The SMILES string of the molecule is O[C@H](CN1CCCCC1)CN1CCn2c3c(c4cc(C5CCCCC5)ccc42)CCC[C@@H]31. The predicted molar refractivity (Wildman–Crippen MR) is 131 cm³/mol. The molecule has 2 aliphatic heterocycles. The Labute approximate surface area is 193 Å². The minimum Gasteiger partial charge on any atom is -0.390 e. The normalized spacial score (nSPS) is 26.3. The molecule has 1 N–H and O–H groups in total. The molecule has 4 aliphatic rings. The van der Waals surface area contributed by atoms with Gasteiger partial charge >= 0.3 is 0 Å². The molecule has 1 saturated heterocycles. The number of piperidine rings is 1. The molecule has 0 bridgehead atoms. The molecule has 4 heteroatoms. The average Bonchev–Trinajstić information content (AvgIpc) is 3.16. The van der Waals surface area contributed by atoms with Crippen LogP contribution in [-0.4, -0.2) is 58.3 Å². The van der Waals surface area contributed by atoms with E-state index in [1.165, 1.54) is 89.2 Å². The van der Waals surface area contributed by atoms with Gasteiger partial charge in [-0.25, -0.2) is 0 Å². The van der Waals surface area contributed by atoms with Crippen molar-refractivity contribution in [2.75, 3.05) is 32.7 Å². The third-order valence-corrected chi connectivity index (χ3v) is 8.95. The van der Waals surface area contributed by atoms with Crippen molar-refractivity contribution in [3.05, 3.63) is 35.0 Å². The second-order valence-electron chi connectivity index (χ2n) is 11.0. The Balaban J connectivity index is 1.25. The summed E-state index contributed by atoms with van der Waals surface area (Å²) in [5.41, 5.74) is 6.27. The molecule has 0 radical (unpaired) electrons. The zero-order valence-corrected chi connectivity index (χ0v) is 19.8. The molecular weight excluding hydrogens is 394 g/mol. The Morgan fingerprint density at radius 2 is 1.66 bits per heavy atom. The second kappa shape index (κ2) is 9.12. The summed E-state index contributed by atoms with van der Waals surface area (Å²) in [6.45, 7) is 6.16. The summed E-state index contributed by atoms with van der Waals surface area (Å²) in [7, 11) is 0. The van der Waals surface area contributed by atoms with E-state index in [9.17, 15) is 5.11 Å². The fraction of sp³-hybridized carbons (Fsp3) is 0.714. The smallest absolute Gasteiger partial charge is 0.0794 e. The Morgan fingerprint density at radius 1 is 0.844 bits per heavy atom. The van der Waals surface area contributed by atoms with Gasteiger partial charge < -0.3 is 14.6 Å². The van der Waals surface area contributed by atoms with E-state index in [-0.39, 0.29) is 6.10 Å². The molecule has 1 saturated carbocycles. The maximum atomic E-state index is 10.9. The van der Waals surface area contributed by atoms with E-state index in [1.54, 1.807) is 22.2 Å². The van der Waals surface area contributed by atoms with Crippen LogP contribution in [0.2, 0.25) is 0 Å². The third kappa shape index (κ3) is 3.93. The van der Waals surface area contributed by atoms with Crippen molar-refractivity contribution in [1.82, 2.24) is 14.4 Å². The van der Waals surface area contributed by atoms with E-state index >= 15 is 0 Å². The van der Waals surface area contributed by atoms with Gasteiger partial charge in [0.2, 0.25) is 0 Å². The number of nitrogens with zero attached hydrogens (tertiary/aromatic N) is 3. The van der Waals surface area contributed by atoms with Crippen LogP contribution in [0.5, 0.6) is 0 Å². The summed E-state index contributed by atoms with van der Waals surface area (Å²) in [6.07, 6.45) is 14.5. The minimum absolute atomic E-state index is 0.229. The van der Waals surface area contributed by atoms with E-state index in [0.29, 0.717) is 6.04 Å². The summed E-state index contributed by atoms with van der Waals surface area (Å²) >= 11 is 0. The zero-order chi connectivity index (χ0) is 21.5. The Morgan fingerprint density at radius 3 is 2.50 bits per heavy atom. The number of aromatic nitrogens is 1. The van der Waals surface area contributed by atoms with Gasteiger partial charge in [0, 0.05) is 42.8 Å². The molecule has 2 atom stereocenters. The highest BCUT2D eigenvalue weighted by molar-refractivity contribution is 5.87. The first kappa shape index (κ1) is 21.2. The van der Waals surface area contributed by atoms with Crippen LogP contribution >= 0.6 is 0 Å². The van der Waals surface area contributed by atoms with Gasteiger partial charge in [-0.2, -0.15) is 0 Å². The number of β-amino-alcohol motifs (C(OH)–C–C–N with tert-alkyl or cyclic N) is 1. The lowest BCUT2D eigenvalue weighted by Gasteiger charge is -2.41. The Kier molecular flexibility index (Phi) is 6.04. The molecule has 1 aromatic heterocycles. The number of aliphatic hydroxyl groups excluding tert-OH is 1. The molecule has 4 nitrogen and oxygen atoms in total. The first-order chi connectivity index (χ1) is 15.8. The van der Waals surface area contributed by atoms with Crippen LogP contribution < -0.4 is 0 Å². The first-order valence-corrected chi connectivity index (χ1v) is 13.6. The van der Waals surface area contributed by atoms with Crippen molar-refractivity contribution in [3.63, 3.8) is 0 Å². The van der Waals surface area contributed by atoms with Crippen molar-refractivity contribution in [2.45, 2.75) is 95.2 Å². The van der Waals surface area contributed by atoms with Gasteiger partial charge in [-0.1, -0.05) is 31.7 Å². The molecule has 32 heavy (non-hydrogen) atoms. The number of aliphatic hydroxyl groups is 1. The van der Waals surface area contributed by atoms with E-state index in [2.05, 4.69) is 32.6 Å². The number of hydrogen-bond acceptors (Lipinski definition) is 3. The molecule has 3 heterocycles. The van der Waals surface area contributed by atoms with Crippen LogP contribution in [0, 0.1) is 0 Å². The predicted octanol–water partition coefficient (Wildman–Crippen LogP) is 5.23. The highest BCUT2D eigenvalue weighted by Crippen LogP contribution is 2.44. The molecule has 2 aliphatic carbocycles. The zero-order valence-electron chi connectivity index (χ0n) is 19.8. The number of rotatable bonds is 5. The highest BCUT2D eigenvalue weighted by Gasteiger charge is 2.35. The van der Waals surface area contributed by atoms with Gasteiger partial charge in [-0.05, 0) is 87.2 Å². The molecule has 0 unspecified atom stereocenters. The molecule has 0 amide bonds. The maximum absolute atomic E-state index is 10.9. The minimum atomic E-state index is -0.229. The molecule has 2 fully saturated rings. The van der Waals surface area contributed by atoms with Gasteiger partial charge in [-0.3, -0.25) is 4.90 Å². The van der Waals surface area contributed by atoms with Crippen LogP contribution in [0.15, 0.2) is 18.2 Å². The van der Waals surface area contributed by atoms with E-state index in [0.717, 1.165) is 32.1 Å². The van der Waals surface area contributed by atoms with Crippen molar-refractivity contribution in [2.24, 2.45) is 0 Å². The summed E-state index contributed by atoms with van der Waals surface area (Å²) in [5.74, 6) is 0.776. The molecular formula is C28H41N3O. The number of hydrogen-bond donors (Lipinski definition) is 1. The number of likely N-dealkylation sites (tertiary alicyclic amines) is 1. The molecule has 2 aromatic rings. The lowest BCUT2D eigenvalue weighted by atomic mass is 9.83. The van der Waals surface area contributed by atoms with Gasteiger partial charge in [0.05, 0.1) is 12.1 Å². The number of benzene rings is 1. The summed E-state index contributed by atoms with van der Waals surface area (Å²) in [4.78, 5) is 5.10. The monoisotopic (exact) mass is 435 g/mol. The van der Waals surface area contributed by atoms with Crippen molar-refractivity contribution in [1.29, 1.82) is 0 Å². The van der Waals surface area contributed by atoms with E-state index in [4.69, 9.17) is 0 Å². The molecule has 1 aromatic carbocycles. The van der Waals surface area contributed by atoms with Crippen LogP contribution in [0.1, 0.15) is 93.0 Å². The quantitative estimate of drug-likeness (QED) is 0.698. The molecule has 174 valence electrons. The van der Waals surface area contributed by atoms with Gasteiger partial charge in [-0.15, -0.1) is 0 Å². The van der Waals surface area contributed by atoms with Crippen LogP contribution in [0.25, 0.3) is 10.9 Å². The van der Waals surface area contributed by atoms with Gasteiger partial charge in [0.25, 0.3) is 0 Å². The first-order valence-electron chi connectivity index (χ1n) is 13.6. The lowest BCUT2D eigenvalue weighted by molar-refractivity contribution is 0.0381. The maximum Gasteiger partial charge on any atom is 0.0794 e. The Bertz CT molecular complexity index is 938. The number of fused-ring (bicyclic) bond motifs is 3.